The molecule has 0 heterocycles. The molecule has 5 rings (SSSR count). The van der Waals surface area contributed by atoms with Crippen LogP contribution in [0.1, 0.15) is 42.7 Å². The molecular formula is C25H23Zr-. The molecular weight excluding hydrogens is 391 g/mol. The van der Waals surface area contributed by atoms with E-state index in [1.165, 1.54) is 63.9 Å². The fourth-order valence-corrected chi connectivity index (χ4v) is 4.87. The summed E-state index contributed by atoms with van der Waals surface area (Å²) in [6.45, 7) is 2.34. The molecule has 1 heteroatoms. The summed E-state index contributed by atoms with van der Waals surface area (Å²) in [7, 11) is 0. The summed E-state index contributed by atoms with van der Waals surface area (Å²) in [5, 5.41) is 5.53. The predicted molar refractivity (Wildman–Crippen MR) is 108 cm³/mol. The second kappa shape index (κ2) is 7.20. The van der Waals surface area contributed by atoms with Crippen LogP contribution in [0.4, 0.5) is 0 Å². The third kappa shape index (κ3) is 2.82. The third-order valence-corrected chi connectivity index (χ3v) is 6.09. The van der Waals surface area contributed by atoms with Crippen LogP contribution in [-0.4, -0.2) is 0 Å². The zero-order chi connectivity index (χ0) is 16.8. The fraction of sp³-hybridized carbons (Fsp3) is 0.240. The van der Waals surface area contributed by atoms with Crippen molar-refractivity contribution in [1.29, 1.82) is 0 Å². The molecule has 0 aromatic heterocycles. The van der Waals surface area contributed by atoms with E-state index in [1.807, 2.05) is 0 Å². The smallest absolute Gasteiger partial charge is 0 e. The number of hydrogen-bond acceptors (Lipinski definition) is 0. The van der Waals surface area contributed by atoms with Crippen LogP contribution in [-0.2, 0) is 26.2 Å². The molecule has 0 bridgehead atoms. The van der Waals surface area contributed by atoms with Crippen LogP contribution in [0.15, 0.2) is 66.7 Å². The first-order chi connectivity index (χ1) is 12.3. The first kappa shape index (κ1) is 17.8. The molecule has 1 aliphatic carbocycles. The van der Waals surface area contributed by atoms with Crippen molar-refractivity contribution in [2.45, 2.75) is 38.5 Å². The summed E-state index contributed by atoms with van der Waals surface area (Å²) in [6.07, 6.45) is 5.51. The third-order valence-electron chi connectivity index (χ3n) is 6.09. The first-order valence-electron chi connectivity index (χ1n) is 9.50. The monoisotopic (exact) mass is 413 g/mol. The van der Waals surface area contributed by atoms with Gasteiger partial charge in [0.25, 0.3) is 0 Å². The molecule has 1 aliphatic rings. The van der Waals surface area contributed by atoms with E-state index in [0.29, 0.717) is 0 Å². The normalized spacial score (nSPS) is 14.8. The molecule has 0 nitrogen and oxygen atoms in total. The minimum atomic E-state index is 0. The zero-order valence-electron chi connectivity index (χ0n) is 15.3. The van der Waals surface area contributed by atoms with Gasteiger partial charge in [0.2, 0.25) is 0 Å². The van der Waals surface area contributed by atoms with Crippen LogP contribution in [0.2, 0.25) is 0 Å². The number of rotatable bonds is 2. The van der Waals surface area contributed by atoms with Gasteiger partial charge in [0.05, 0.1) is 0 Å². The number of aryl methyl sites for hydroxylation is 1. The van der Waals surface area contributed by atoms with Crippen LogP contribution in [0, 0.1) is 6.92 Å². The van der Waals surface area contributed by atoms with E-state index in [2.05, 4.69) is 73.7 Å². The van der Waals surface area contributed by atoms with E-state index in [0.717, 1.165) is 5.92 Å². The SMILES string of the molecule is Cc1c(C2CCCC2)[cH-]c2cccc(-c3cccc4ccccc34)c12.[Zr]. The van der Waals surface area contributed by atoms with Gasteiger partial charge in [0, 0.05) is 26.2 Å². The zero-order valence-corrected chi connectivity index (χ0v) is 17.7. The minimum Gasteiger partial charge on any atom is -0.152 e. The molecule has 4 aromatic carbocycles. The quantitative estimate of drug-likeness (QED) is 0.301. The summed E-state index contributed by atoms with van der Waals surface area (Å²) >= 11 is 0. The van der Waals surface area contributed by atoms with Crippen LogP contribution in [0.25, 0.3) is 32.7 Å². The van der Waals surface area contributed by atoms with Gasteiger partial charge in [-0.05, 0) is 35.1 Å². The van der Waals surface area contributed by atoms with Gasteiger partial charge in [0.1, 0.15) is 0 Å². The van der Waals surface area contributed by atoms with E-state index in [1.54, 1.807) is 5.56 Å². The Morgan fingerprint density at radius 2 is 1.50 bits per heavy atom. The van der Waals surface area contributed by atoms with Crippen LogP contribution in [0.3, 0.4) is 0 Å². The van der Waals surface area contributed by atoms with E-state index in [-0.39, 0.29) is 26.2 Å². The Bertz CT molecular complexity index is 1060. The van der Waals surface area contributed by atoms with Crippen molar-refractivity contribution >= 4 is 21.5 Å². The predicted octanol–water partition coefficient (Wildman–Crippen LogP) is 7.34. The summed E-state index contributed by atoms with van der Waals surface area (Å²) in [6, 6.07) is 24.7. The van der Waals surface area contributed by atoms with Gasteiger partial charge in [0.15, 0.2) is 0 Å². The molecule has 0 spiro atoms. The summed E-state index contributed by atoms with van der Waals surface area (Å²) in [5.74, 6) is 0.771. The van der Waals surface area contributed by atoms with Crippen molar-refractivity contribution in [3.63, 3.8) is 0 Å². The number of hydrogen-bond donors (Lipinski definition) is 0. The molecule has 0 amide bonds. The molecule has 0 unspecified atom stereocenters. The fourth-order valence-electron chi connectivity index (χ4n) is 4.87. The van der Waals surface area contributed by atoms with Crippen molar-refractivity contribution in [1.82, 2.24) is 0 Å². The van der Waals surface area contributed by atoms with Gasteiger partial charge in [-0.2, -0.15) is 5.56 Å². The Hall–Kier alpha value is -1.59. The molecule has 128 valence electrons. The van der Waals surface area contributed by atoms with Crippen molar-refractivity contribution in [2.24, 2.45) is 0 Å². The van der Waals surface area contributed by atoms with Gasteiger partial charge < -0.3 is 0 Å². The molecule has 26 heavy (non-hydrogen) atoms. The van der Waals surface area contributed by atoms with E-state index >= 15 is 0 Å². The second-order valence-corrected chi connectivity index (χ2v) is 7.50. The Morgan fingerprint density at radius 3 is 2.35 bits per heavy atom. The Morgan fingerprint density at radius 1 is 0.808 bits per heavy atom. The maximum absolute atomic E-state index is 2.47. The Kier molecular flexibility index (Phi) is 4.93. The topological polar surface area (TPSA) is 0 Å². The van der Waals surface area contributed by atoms with E-state index < -0.39 is 0 Å². The number of benzene rings is 3. The Labute approximate surface area is 174 Å². The van der Waals surface area contributed by atoms with Gasteiger partial charge in [-0.25, -0.2) is 0 Å². The van der Waals surface area contributed by atoms with Crippen molar-refractivity contribution in [2.75, 3.05) is 0 Å². The molecule has 0 atom stereocenters. The average Bonchev–Trinajstić information content (AvgIpc) is 3.29. The van der Waals surface area contributed by atoms with E-state index in [9.17, 15) is 0 Å². The van der Waals surface area contributed by atoms with Gasteiger partial charge in [-0.3, -0.25) is 0 Å². The molecule has 0 aliphatic heterocycles. The average molecular weight is 415 g/mol. The van der Waals surface area contributed by atoms with E-state index in [4.69, 9.17) is 0 Å². The summed E-state index contributed by atoms with van der Waals surface area (Å²) in [5.41, 5.74) is 5.84. The largest absolute Gasteiger partial charge is 0.152 e. The summed E-state index contributed by atoms with van der Waals surface area (Å²) in [4.78, 5) is 0. The van der Waals surface area contributed by atoms with Crippen molar-refractivity contribution in [3.05, 3.63) is 77.9 Å². The molecule has 1 fully saturated rings. The molecule has 0 N–H and O–H groups in total. The van der Waals surface area contributed by atoms with Gasteiger partial charge >= 0.3 is 0 Å². The minimum absolute atomic E-state index is 0. The molecule has 0 radical (unpaired) electrons. The standard InChI is InChI=1S/C25H23.Zr/c1-17-24(19-9-2-3-10-19)16-20-12-7-15-23(25(17)20)22-14-6-11-18-8-4-5-13-21(18)22;/h4-8,11-16,19H,2-3,9-10H2,1H3;/q-1;. The van der Waals surface area contributed by atoms with Crippen molar-refractivity contribution < 1.29 is 26.2 Å². The maximum Gasteiger partial charge on any atom is 0 e. The molecule has 4 aromatic rings. The van der Waals surface area contributed by atoms with Crippen LogP contribution < -0.4 is 0 Å². The molecule has 1 saturated carbocycles. The maximum atomic E-state index is 2.47. The van der Waals surface area contributed by atoms with Gasteiger partial charge in [-0.1, -0.05) is 73.9 Å². The van der Waals surface area contributed by atoms with Crippen molar-refractivity contribution in [3.8, 4) is 11.1 Å². The van der Waals surface area contributed by atoms with Crippen LogP contribution >= 0.6 is 0 Å². The Balaban J connectivity index is 0.00000168. The van der Waals surface area contributed by atoms with Gasteiger partial charge in [-0.15, -0.1) is 34.5 Å². The molecule has 0 saturated heterocycles. The first-order valence-corrected chi connectivity index (χ1v) is 9.50. The second-order valence-electron chi connectivity index (χ2n) is 7.50. The number of fused-ring (bicyclic) bond motifs is 2. The van der Waals surface area contributed by atoms with Crippen LogP contribution in [0.5, 0.6) is 0 Å². The summed E-state index contributed by atoms with van der Waals surface area (Å²) < 4.78 is 0.